The van der Waals surface area contributed by atoms with Crippen LogP contribution in [0.1, 0.15) is 16.8 Å². The van der Waals surface area contributed by atoms with Gasteiger partial charge in [-0.3, -0.25) is 0 Å². The maximum atomic E-state index is 13.0. The highest BCUT2D eigenvalue weighted by Crippen LogP contribution is 2.34. The number of carbonyl (C=O) groups is 1. The zero-order valence-corrected chi connectivity index (χ0v) is 17.5. The van der Waals surface area contributed by atoms with Gasteiger partial charge < -0.3 is 21.3 Å². The van der Waals surface area contributed by atoms with E-state index in [2.05, 4.69) is 31.2 Å². The maximum absolute atomic E-state index is 13.0. The molecule has 0 spiro atoms. The molecule has 3 aromatic rings. The molecule has 0 saturated carbocycles. The van der Waals surface area contributed by atoms with Crippen molar-refractivity contribution in [1.82, 2.24) is 15.3 Å². The van der Waals surface area contributed by atoms with E-state index in [0.29, 0.717) is 11.8 Å². The summed E-state index contributed by atoms with van der Waals surface area (Å²) in [6, 6.07) is 13.7. The Bertz CT molecular complexity index is 1070. The molecule has 0 aliphatic rings. The van der Waals surface area contributed by atoms with Crippen molar-refractivity contribution < 1.29 is 18.0 Å². The van der Waals surface area contributed by atoms with Crippen molar-refractivity contribution in [1.29, 1.82) is 0 Å². The molecule has 10 heteroatoms. The highest BCUT2D eigenvalue weighted by atomic mass is 19.4. The average Bonchev–Trinajstić information content (AvgIpc) is 2.72. The zero-order valence-electron chi connectivity index (χ0n) is 17.5. The van der Waals surface area contributed by atoms with Gasteiger partial charge in [0.15, 0.2) is 0 Å². The minimum Gasteiger partial charge on any atom is -0.352 e. The van der Waals surface area contributed by atoms with Gasteiger partial charge in [0.25, 0.3) is 0 Å². The summed E-state index contributed by atoms with van der Waals surface area (Å²) in [5.41, 5.74) is 1.56. The zero-order chi connectivity index (χ0) is 23.1. The van der Waals surface area contributed by atoms with Gasteiger partial charge in [-0.15, -0.1) is 0 Å². The van der Waals surface area contributed by atoms with Crippen LogP contribution in [0.5, 0.6) is 0 Å². The largest absolute Gasteiger partial charge is 0.418 e. The van der Waals surface area contributed by atoms with E-state index >= 15 is 0 Å². The molecular weight excluding hydrogens is 421 g/mol. The second kappa shape index (κ2) is 9.99. The summed E-state index contributed by atoms with van der Waals surface area (Å²) < 4.78 is 39.0. The minimum absolute atomic E-state index is 0.151. The number of carbonyl (C=O) groups excluding carboxylic acids is 1. The molecule has 2 amide bonds. The lowest BCUT2D eigenvalue weighted by molar-refractivity contribution is -0.136. The van der Waals surface area contributed by atoms with Gasteiger partial charge in [0.1, 0.15) is 5.82 Å². The van der Waals surface area contributed by atoms with Crippen LogP contribution in [0.25, 0.3) is 0 Å². The Labute approximate surface area is 183 Å². The molecule has 0 aliphatic heterocycles. The molecule has 1 heterocycles. The number of benzene rings is 2. The highest BCUT2D eigenvalue weighted by Gasteiger charge is 2.33. The number of amides is 2. The summed E-state index contributed by atoms with van der Waals surface area (Å²) in [7, 11) is 0. The first-order chi connectivity index (χ1) is 15.2. The third-order valence-electron chi connectivity index (χ3n) is 4.35. The Balaban J connectivity index is 1.51. The Hall–Kier alpha value is -3.82. The molecule has 0 bridgehead atoms. The van der Waals surface area contributed by atoms with Crippen LogP contribution in [0.4, 0.5) is 41.1 Å². The molecule has 0 aliphatic carbocycles. The van der Waals surface area contributed by atoms with Crippen LogP contribution in [0.3, 0.4) is 0 Å². The molecule has 0 unspecified atom stereocenters. The van der Waals surface area contributed by atoms with Crippen LogP contribution in [0, 0.1) is 13.8 Å². The predicted molar refractivity (Wildman–Crippen MR) is 118 cm³/mol. The summed E-state index contributed by atoms with van der Waals surface area (Å²) in [6.45, 7) is 4.26. The van der Waals surface area contributed by atoms with E-state index in [1.165, 1.54) is 18.2 Å². The van der Waals surface area contributed by atoms with E-state index in [4.69, 9.17) is 0 Å². The lowest BCUT2D eigenvalue weighted by Crippen LogP contribution is -2.33. The number of hydrogen-bond donors (Lipinski definition) is 4. The first kappa shape index (κ1) is 22.9. The van der Waals surface area contributed by atoms with Gasteiger partial charge in [-0.25, -0.2) is 9.78 Å². The summed E-state index contributed by atoms with van der Waals surface area (Å²) in [5.74, 6) is 0.975. The molecule has 0 saturated heterocycles. The molecule has 1 aromatic heterocycles. The Morgan fingerprint density at radius 3 is 2.41 bits per heavy atom. The van der Waals surface area contributed by atoms with E-state index in [-0.39, 0.29) is 18.8 Å². The van der Waals surface area contributed by atoms with Crippen molar-refractivity contribution >= 4 is 29.2 Å². The number of nitrogens with one attached hydrogen (secondary N) is 4. The average molecular weight is 444 g/mol. The molecule has 168 valence electrons. The second-order valence-corrected chi connectivity index (χ2v) is 7.06. The molecule has 7 nitrogen and oxygen atoms in total. The van der Waals surface area contributed by atoms with Crippen LogP contribution in [0.15, 0.2) is 54.6 Å². The summed E-state index contributed by atoms with van der Waals surface area (Å²) in [6.07, 6.45) is -4.56. The third kappa shape index (κ3) is 6.59. The molecule has 4 N–H and O–H groups in total. The SMILES string of the molecule is Cc1ccc(Nc2cc(C)nc(NCCNC(=O)Nc3ccccc3C(F)(F)F)n2)cc1. The molecule has 0 fully saturated rings. The van der Waals surface area contributed by atoms with E-state index in [0.717, 1.165) is 23.0 Å². The second-order valence-electron chi connectivity index (χ2n) is 7.06. The number of halogens is 3. The number of urea groups is 1. The highest BCUT2D eigenvalue weighted by molar-refractivity contribution is 5.90. The summed E-state index contributed by atoms with van der Waals surface area (Å²) in [5, 5.41) is 10.9. The van der Waals surface area contributed by atoms with Crippen LogP contribution in [-0.2, 0) is 6.18 Å². The predicted octanol–water partition coefficient (Wildman–Crippen LogP) is 5.09. The summed E-state index contributed by atoms with van der Waals surface area (Å²) in [4.78, 5) is 20.7. The lowest BCUT2D eigenvalue weighted by Gasteiger charge is -2.14. The smallest absolute Gasteiger partial charge is 0.352 e. The Kier molecular flexibility index (Phi) is 7.14. The number of para-hydroxylation sites is 1. The van der Waals surface area contributed by atoms with Crippen molar-refractivity contribution in [2.24, 2.45) is 0 Å². The van der Waals surface area contributed by atoms with Gasteiger partial charge in [-0.05, 0) is 38.1 Å². The van der Waals surface area contributed by atoms with Gasteiger partial charge in [-0.2, -0.15) is 18.2 Å². The van der Waals surface area contributed by atoms with Crippen molar-refractivity contribution in [3.05, 3.63) is 71.4 Å². The normalized spacial score (nSPS) is 11.0. The topological polar surface area (TPSA) is 91.0 Å². The molecule has 2 aromatic carbocycles. The van der Waals surface area contributed by atoms with E-state index in [9.17, 15) is 18.0 Å². The molecule has 0 radical (unpaired) electrons. The fourth-order valence-corrected chi connectivity index (χ4v) is 2.85. The number of anilines is 4. The van der Waals surface area contributed by atoms with E-state index < -0.39 is 17.8 Å². The van der Waals surface area contributed by atoms with Crippen molar-refractivity contribution in [3.63, 3.8) is 0 Å². The standard InChI is InChI=1S/C22H23F3N6O/c1-14-7-9-16(10-8-14)29-19-13-15(2)28-20(31-19)26-11-12-27-21(32)30-18-6-4-3-5-17(18)22(23,24)25/h3-10,13H,11-12H2,1-2H3,(H2,27,30,32)(H2,26,28,29,31). The number of rotatable bonds is 7. The van der Waals surface area contributed by atoms with Crippen molar-refractivity contribution in [2.75, 3.05) is 29.0 Å². The fraction of sp³-hybridized carbons (Fsp3) is 0.227. The number of aromatic nitrogens is 2. The number of alkyl halides is 3. The van der Waals surface area contributed by atoms with Gasteiger partial charge in [0.2, 0.25) is 5.95 Å². The number of aryl methyl sites for hydroxylation is 2. The van der Waals surface area contributed by atoms with Crippen molar-refractivity contribution in [2.45, 2.75) is 20.0 Å². The first-order valence-electron chi connectivity index (χ1n) is 9.85. The lowest BCUT2D eigenvalue weighted by atomic mass is 10.1. The maximum Gasteiger partial charge on any atom is 0.418 e. The van der Waals surface area contributed by atoms with Gasteiger partial charge >= 0.3 is 12.2 Å². The van der Waals surface area contributed by atoms with E-state index in [1.54, 1.807) is 6.07 Å². The molecule has 0 atom stereocenters. The Morgan fingerprint density at radius 1 is 0.969 bits per heavy atom. The quantitative estimate of drug-likeness (QED) is 0.381. The van der Waals surface area contributed by atoms with Gasteiger partial charge in [0, 0.05) is 30.5 Å². The van der Waals surface area contributed by atoms with E-state index in [1.807, 2.05) is 38.1 Å². The Morgan fingerprint density at radius 2 is 1.69 bits per heavy atom. The van der Waals surface area contributed by atoms with Crippen LogP contribution < -0.4 is 21.3 Å². The van der Waals surface area contributed by atoms with Gasteiger partial charge in [-0.1, -0.05) is 29.8 Å². The van der Waals surface area contributed by atoms with Crippen molar-refractivity contribution in [3.8, 4) is 0 Å². The van der Waals surface area contributed by atoms with Crippen LogP contribution in [0.2, 0.25) is 0 Å². The fourth-order valence-electron chi connectivity index (χ4n) is 2.85. The summed E-state index contributed by atoms with van der Waals surface area (Å²) >= 11 is 0. The van der Waals surface area contributed by atoms with Gasteiger partial charge in [0.05, 0.1) is 11.3 Å². The molecule has 32 heavy (non-hydrogen) atoms. The number of hydrogen-bond acceptors (Lipinski definition) is 5. The van der Waals surface area contributed by atoms with Crippen LogP contribution in [-0.4, -0.2) is 29.1 Å². The van der Waals surface area contributed by atoms with Crippen LogP contribution >= 0.6 is 0 Å². The monoisotopic (exact) mass is 444 g/mol. The first-order valence-corrected chi connectivity index (χ1v) is 9.85. The number of nitrogens with zero attached hydrogens (tertiary/aromatic N) is 2. The minimum atomic E-state index is -4.56. The molecule has 3 rings (SSSR count). The molecular formula is C22H23F3N6O. The third-order valence-corrected chi connectivity index (χ3v) is 4.35.